The Balaban J connectivity index is 0.752. The number of β-amino-alcohol motifs (C(OH)–C–C–N with tert-alkyl or cyclic N) is 1. The number of aromatic nitrogens is 5. The van der Waals surface area contributed by atoms with Gasteiger partial charge >= 0.3 is 0 Å². The molecule has 0 saturated carbocycles. The molecular weight excluding hydrogens is 805 g/mol. The number of nitrogens with one attached hydrogen (secondary N) is 2. The summed E-state index contributed by atoms with van der Waals surface area (Å²) >= 11 is 1.61. The molecule has 3 aliphatic rings. The Labute approximate surface area is 365 Å². The van der Waals surface area contributed by atoms with Gasteiger partial charge in [-0.05, 0) is 61.6 Å². The van der Waals surface area contributed by atoms with E-state index in [-0.39, 0.29) is 36.6 Å². The molecular formula is C46H56N10O5S. The van der Waals surface area contributed by atoms with Gasteiger partial charge in [-0.15, -0.1) is 21.5 Å². The number of aliphatic hydroxyl groups excluding tert-OH is 2. The number of hydrogen-bond donors (Lipinski definition) is 5. The van der Waals surface area contributed by atoms with Gasteiger partial charge in [0, 0.05) is 93.6 Å². The summed E-state index contributed by atoms with van der Waals surface area (Å²) in [4.78, 5) is 32.1. The monoisotopic (exact) mass is 860 g/mol. The summed E-state index contributed by atoms with van der Waals surface area (Å²) in [7, 11) is 0. The highest BCUT2D eigenvalue weighted by Gasteiger charge is 2.43. The quantitative estimate of drug-likeness (QED) is 0.0886. The molecule has 0 spiro atoms. The summed E-state index contributed by atoms with van der Waals surface area (Å²) in [6.07, 6.45) is -1.52. The third-order valence-corrected chi connectivity index (χ3v) is 13.9. The molecule has 6 aromatic rings. The fourth-order valence-electron chi connectivity index (χ4n) is 9.28. The van der Waals surface area contributed by atoms with Crippen molar-refractivity contribution in [3.05, 3.63) is 95.0 Å². The lowest BCUT2D eigenvalue weighted by atomic mass is 9.91. The minimum Gasteiger partial charge on any atom is -0.507 e. The maximum absolute atomic E-state index is 14.3. The Kier molecular flexibility index (Phi) is 12.1. The number of aryl methyl sites for hydroxylation is 1. The van der Waals surface area contributed by atoms with Crippen LogP contribution in [0.5, 0.6) is 5.75 Å². The first kappa shape index (κ1) is 42.1. The molecule has 5 atom stereocenters. The smallest absolute Gasteiger partial charge is 0.234 e. The standard InChI is InChI=1S/C46H56N10O5S/c1-27(2)42(46(60)56-25-34(57)21-38(56)45(59)48-28(3)30-9-11-31(12-10-30)43-29(4)47-26-62-43)40-22-41(52-61-40)55-17-15-53(16-18-55)13-14-54-23-33(24-54)36-19-32-20-37(50-51-44(32)49-36)35-7-5-6-8-39(35)58/h5-12,19-20,22,26-28,33-34,38,42,45,48,57-59H,13-18,21,23-25H2,1-4H3,(H,49,51)/t28-,34+,38?,42+,45+/m0/s1. The number of rotatable bonds is 14. The number of carbonyl (C=O) groups excluding carboxylic acids is 1. The number of anilines is 1. The number of benzene rings is 2. The van der Waals surface area contributed by atoms with E-state index < -0.39 is 24.3 Å². The SMILES string of the molecule is Cc1ncsc1-c1ccc([C@H](C)N[C@H](O)C2C[C@@H](O)CN2C(=O)[C@@H](c2cc(N3CCN(CCN4CC(c5cc6cc(-c7ccccc7O)nnc6[nH]5)C4)CC3)no2)C(C)C)cc1. The third-order valence-electron chi connectivity index (χ3n) is 13.0. The van der Waals surface area contributed by atoms with Crippen molar-refractivity contribution < 1.29 is 24.6 Å². The van der Waals surface area contributed by atoms with Crippen molar-refractivity contribution in [2.24, 2.45) is 5.92 Å². The number of aromatic amines is 1. The second-order valence-electron chi connectivity index (χ2n) is 17.5. The Morgan fingerprint density at radius 1 is 0.968 bits per heavy atom. The van der Waals surface area contributed by atoms with Crippen molar-refractivity contribution in [2.45, 2.75) is 70.4 Å². The number of aromatic hydroxyl groups is 1. The van der Waals surface area contributed by atoms with E-state index in [9.17, 15) is 20.1 Å². The highest BCUT2D eigenvalue weighted by atomic mass is 32.1. The number of fused-ring (bicyclic) bond motifs is 1. The van der Waals surface area contributed by atoms with Gasteiger partial charge < -0.3 is 39.5 Å². The number of aliphatic hydroxyl groups is 2. The van der Waals surface area contributed by atoms with Crippen molar-refractivity contribution in [3.63, 3.8) is 0 Å². The third kappa shape index (κ3) is 8.72. The van der Waals surface area contributed by atoms with Crippen LogP contribution in [0.4, 0.5) is 5.82 Å². The summed E-state index contributed by atoms with van der Waals surface area (Å²) < 4.78 is 5.91. The summed E-state index contributed by atoms with van der Waals surface area (Å²) in [5.74, 6) is 0.935. The Morgan fingerprint density at radius 2 is 1.73 bits per heavy atom. The normalized spacial score (nSPS) is 20.6. The summed E-state index contributed by atoms with van der Waals surface area (Å²) in [5.41, 5.74) is 8.21. The van der Waals surface area contributed by atoms with Gasteiger partial charge in [0.2, 0.25) is 5.91 Å². The van der Waals surface area contributed by atoms with Gasteiger partial charge in [0.1, 0.15) is 17.9 Å². The van der Waals surface area contributed by atoms with Gasteiger partial charge in [-0.2, -0.15) is 0 Å². The Hall–Kier alpha value is -5.23. The number of piperazine rings is 1. The predicted octanol–water partition coefficient (Wildman–Crippen LogP) is 5.34. The molecule has 62 heavy (non-hydrogen) atoms. The van der Waals surface area contributed by atoms with Crippen LogP contribution < -0.4 is 10.2 Å². The molecule has 2 aromatic carbocycles. The van der Waals surface area contributed by atoms with E-state index in [1.54, 1.807) is 28.4 Å². The summed E-state index contributed by atoms with van der Waals surface area (Å²) in [6.45, 7) is 15.5. The number of H-pyrrole nitrogens is 1. The van der Waals surface area contributed by atoms with Crippen molar-refractivity contribution in [2.75, 3.05) is 63.8 Å². The van der Waals surface area contributed by atoms with Crippen LogP contribution in [0.1, 0.15) is 67.8 Å². The molecule has 0 aliphatic carbocycles. The first-order valence-electron chi connectivity index (χ1n) is 21.7. The van der Waals surface area contributed by atoms with Gasteiger partial charge in [0.05, 0.1) is 33.9 Å². The van der Waals surface area contributed by atoms with E-state index in [0.717, 1.165) is 90.9 Å². The maximum atomic E-state index is 14.3. The van der Waals surface area contributed by atoms with Crippen molar-refractivity contribution >= 4 is 34.1 Å². The fraction of sp³-hybridized carbons (Fsp3) is 0.457. The zero-order valence-electron chi connectivity index (χ0n) is 35.7. The molecule has 9 rings (SSSR count). The van der Waals surface area contributed by atoms with Gasteiger partial charge in [0.25, 0.3) is 0 Å². The molecule has 5 N–H and O–H groups in total. The van der Waals surface area contributed by atoms with Crippen LogP contribution >= 0.6 is 11.3 Å². The molecule has 1 amide bonds. The van der Waals surface area contributed by atoms with Gasteiger partial charge in [-0.25, -0.2) is 4.98 Å². The number of carbonyl (C=O) groups is 1. The van der Waals surface area contributed by atoms with Crippen LogP contribution in [0.2, 0.25) is 0 Å². The Bertz CT molecular complexity index is 2470. The number of hydrogen-bond acceptors (Lipinski definition) is 14. The number of thiazole rings is 1. The highest BCUT2D eigenvalue weighted by molar-refractivity contribution is 7.13. The average Bonchev–Trinajstić information content (AvgIpc) is 4.07. The number of para-hydroxylation sites is 1. The van der Waals surface area contributed by atoms with Gasteiger partial charge in [-0.1, -0.05) is 55.4 Å². The number of phenols is 1. The van der Waals surface area contributed by atoms with E-state index in [0.29, 0.717) is 22.9 Å². The molecule has 16 heteroatoms. The van der Waals surface area contributed by atoms with E-state index in [4.69, 9.17) is 4.52 Å². The van der Waals surface area contributed by atoms with Crippen LogP contribution in [0.25, 0.3) is 32.7 Å². The molecule has 7 heterocycles. The fourth-order valence-corrected chi connectivity index (χ4v) is 10.1. The zero-order chi connectivity index (χ0) is 43.1. The lowest BCUT2D eigenvalue weighted by Gasteiger charge is -2.41. The second kappa shape index (κ2) is 17.9. The molecule has 3 fully saturated rings. The molecule has 15 nitrogen and oxygen atoms in total. The van der Waals surface area contributed by atoms with E-state index in [1.807, 2.05) is 69.6 Å². The van der Waals surface area contributed by atoms with Crippen LogP contribution in [0, 0.1) is 12.8 Å². The second-order valence-corrected chi connectivity index (χ2v) is 18.4. The minimum absolute atomic E-state index is 0.1000. The summed E-state index contributed by atoms with van der Waals surface area (Å²) in [6, 6.07) is 20.6. The Morgan fingerprint density at radius 3 is 2.45 bits per heavy atom. The molecule has 326 valence electrons. The highest BCUT2D eigenvalue weighted by Crippen LogP contribution is 2.35. The van der Waals surface area contributed by atoms with Crippen LogP contribution in [-0.4, -0.2) is 139 Å². The molecule has 3 saturated heterocycles. The van der Waals surface area contributed by atoms with Crippen molar-refractivity contribution in [3.8, 4) is 27.4 Å². The average molecular weight is 861 g/mol. The molecule has 0 bridgehead atoms. The zero-order valence-corrected chi connectivity index (χ0v) is 36.5. The number of nitrogens with zero attached hydrogens (tertiary/aromatic N) is 8. The first-order valence-corrected chi connectivity index (χ1v) is 22.6. The molecule has 3 aliphatic heterocycles. The van der Waals surface area contributed by atoms with E-state index in [1.165, 1.54) is 5.69 Å². The molecule has 1 unspecified atom stereocenters. The lowest BCUT2D eigenvalue weighted by Crippen LogP contribution is -2.52. The van der Waals surface area contributed by atoms with Crippen LogP contribution in [0.15, 0.2) is 76.8 Å². The number of likely N-dealkylation sites (tertiary alicyclic amines) is 2. The lowest BCUT2D eigenvalue weighted by molar-refractivity contribution is -0.138. The van der Waals surface area contributed by atoms with Crippen LogP contribution in [-0.2, 0) is 4.79 Å². The summed E-state index contributed by atoms with van der Waals surface area (Å²) in [5, 5.41) is 50.0. The van der Waals surface area contributed by atoms with Gasteiger partial charge in [0.15, 0.2) is 17.2 Å². The van der Waals surface area contributed by atoms with Gasteiger partial charge in [-0.3, -0.25) is 15.0 Å². The largest absolute Gasteiger partial charge is 0.507 e. The minimum atomic E-state index is -1.05. The topological polar surface area (TPSA) is 183 Å². The first-order chi connectivity index (χ1) is 30.0. The molecule has 4 aromatic heterocycles. The molecule has 0 radical (unpaired) electrons. The van der Waals surface area contributed by atoms with Crippen molar-refractivity contribution in [1.29, 1.82) is 0 Å². The predicted molar refractivity (Wildman–Crippen MR) is 239 cm³/mol. The van der Waals surface area contributed by atoms with Crippen molar-refractivity contribution in [1.82, 2.24) is 45.3 Å². The van der Waals surface area contributed by atoms with E-state index in [2.05, 4.69) is 63.5 Å². The number of phenolic OH excluding ortho intramolecular Hbond substituents is 1. The van der Waals surface area contributed by atoms with E-state index >= 15 is 0 Å². The number of amides is 1. The van der Waals surface area contributed by atoms with Crippen LogP contribution in [0.3, 0.4) is 0 Å². The maximum Gasteiger partial charge on any atom is 0.234 e.